The lowest BCUT2D eigenvalue weighted by molar-refractivity contribution is 0.244. The van der Waals surface area contributed by atoms with Crippen molar-refractivity contribution in [1.29, 1.82) is 0 Å². The van der Waals surface area contributed by atoms with Gasteiger partial charge in [-0.05, 0) is 37.3 Å². The normalized spacial score (nSPS) is 26.3. The molecule has 1 saturated heterocycles. The van der Waals surface area contributed by atoms with Crippen LogP contribution in [0.5, 0.6) is 0 Å². The van der Waals surface area contributed by atoms with Gasteiger partial charge in [0.25, 0.3) is 0 Å². The highest BCUT2D eigenvalue weighted by molar-refractivity contribution is 7.89. The van der Waals surface area contributed by atoms with E-state index in [2.05, 4.69) is 11.6 Å². The Balaban J connectivity index is 1.96. The minimum Gasteiger partial charge on any atom is -0.394 e. The van der Waals surface area contributed by atoms with Gasteiger partial charge in [-0.15, -0.1) is 0 Å². The Morgan fingerprint density at radius 3 is 2.67 bits per heavy atom. The molecule has 2 unspecified atom stereocenters. The summed E-state index contributed by atoms with van der Waals surface area (Å²) < 4.78 is 27.8. The number of benzene rings is 1. The van der Waals surface area contributed by atoms with Crippen LogP contribution in [0, 0.1) is 5.92 Å². The molecule has 3 rings (SSSR count). The van der Waals surface area contributed by atoms with E-state index < -0.39 is 10.0 Å². The molecule has 116 valence electrons. The maximum atomic E-state index is 12.5. The lowest BCUT2D eigenvalue weighted by atomic mass is 10.0. The zero-order valence-electron chi connectivity index (χ0n) is 12.2. The number of anilines is 1. The molecule has 1 heterocycles. The fourth-order valence-corrected chi connectivity index (χ4v) is 4.51. The van der Waals surface area contributed by atoms with Crippen LogP contribution in [0.15, 0.2) is 29.2 Å². The van der Waals surface area contributed by atoms with E-state index in [9.17, 15) is 13.5 Å². The third-order valence-corrected chi connectivity index (χ3v) is 6.00. The van der Waals surface area contributed by atoms with Crippen LogP contribution in [0.1, 0.15) is 26.2 Å². The molecular weight excluding hydrogens is 288 g/mol. The first-order valence-electron chi connectivity index (χ1n) is 7.52. The van der Waals surface area contributed by atoms with E-state index in [0.717, 1.165) is 25.8 Å². The van der Waals surface area contributed by atoms with Gasteiger partial charge in [-0.3, -0.25) is 0 Å². The summed E-state index contributed by atoms with van der Waals surface area (Å²) in [6, 6.07) is 7.16. The maximum absolute atomic E-state index is 12.5. The van der Waals surface area contributed by atoms with Crippen LogP contribution in [-0.2, 0) is 10.0 Å². The number of nitrogens with one attached hydrogen (secondary N) is 1. The van der Waals surface area contributed by atoms with Crippen molar-refractivity contribution in [3.05, 3.63) is 24.3 Å². The zero-order valence-corrected chi connectivity index (χ0v) is 13.0. The third-order valence-electron chi connectivity index (χ3n) is 4.43. The van der Waals surface area contributed by atoms with Gasteiger partial charge in [0.15, 0.2) is 0 Å². The van der Waals surface area contributed by atoms with E-state index in [4.69, 9.17) is 0 Å². The molecule has 21 heavy (non-hydrogen) atoms. The molecule has 1 saturated carbocycles. The van der Waals surface area contributed by atoms with Crippen molar-refractivity contribution in [2.75, 3.05) is 18.1 Å². The standard InChI is InChI=1S/C15H22N2O3S/c1-11-8-9-17(14(11)10-18)13-4-2-3-5-15(13)21(19,20)16-12-6-7-12/h2-5,11-12,14,16,18H,6-10H2,1H3. The van der Waals surface area contributed by atoms with Crippen molar-refractivity contribution in [3.8, 4) is 0 Å². The monoisotopic (exact) mass is 310 g/mol. The van der Waals surface area contributed by atoms with Gasteiger partial charge in [0.1, 0.15) is 4.90 Å². The Morgan fingerprint density at radius 2 is 2.00 bits per heavy atom. The average molecular weight is 310 g/mol. The van der Waals surface area contributed by atoms with Crippen molar-refractivity contribution in [2.45, 2.75) is 43.2 Å². The van der Waals surface area contributed by atoms with E-state index in [0.29, 0.717) is 16.5 Å². The highest BCUT2D eigenvalue weighted by Gasteiger charge is 2.35. The van der Waals surface area contributed by atoms with Crippen molar-refractivity contribution in [3.63, 3.8) is 0 Å². The SMILES string of the molecule is CC1CCN(c2ccccc2S(=O)(=O)NC2CC2)C1CO. The number of para-hydroxylation sites is 1. The molecule has 2 aliphatic rings. The molecule has 1 aromatic carbocycles. The second-order valence-corrected chi connectivity index (χ2v) is 7.75. The molecule has 0 spiro atoms. The molecule has 1 aliphatic carbocycles. The molecule has 0 aromatic heterocycles. The number of sulfonamides is 1. The summed E-state index contributed by atoms with van der Waals surface area (Å²) in [5.41, 5.74) is 0.703. The van der Waals surface area contributed by atoms with E-state index in [-0.39, 0.29) is 18.7 Å². The van der Waals surface area contributed by atoms with Crippen molar-refractivity contribution in [1.82, 2.24) is 4.72 Å². The van der Waals surface area contributed by atoms with Crippen LogP contribution in [0.25, 0.3) is 0 Å². The summed E-state index contributed by atoms with van der Waals surface area (Å²) in [5.74, 6) is 0.363. The Kier molecular flexibility index (Phi) is 3.94. The van der Waals surface area contributed by atoms with Gasteiger partial charge >= 0.3 is 0 Å². The molecule has 0 radical (unpaired) electrons. The number of rotatable bonds is 5. The second-order valence-electron chi connectivity index (χ2n) is 6.07. The lowest BCUT2D eigenvalue weighted by Gasteiger charge is -2.29. The van der Waals surface area contributed by atoms with E-state index in [1.807, 2.05) is 17.0 Å². The smallest absolute Gasteiger partial charge is 0.242 e. The summed E-state index contributed by atoms with van der Waals surface area (Å²) >= 11 is 0. The van der Waals surface area contributed by atoms with E-state index in [1.54, 1.807) is 12.1 Å². The Labute approximate surface area is 126 Å². The predicted molar refractivity (Wildman–Crippen MR) is 81.8 cm³/mol. The average Bonchev–Trinajstić information content (AvgIpc) is 3.18. The fraction of sp³-hybridized carbons (Fsp3) is 0.600. The fourth-order valence-electron chi connectivity index (χ4n) is 2.99. The maximum Gasteiger partial charge on any atom is 0.242 e. The minimum atomic E-state index is -3.49. The molecule has 2 atom stereocenters. The van der Waals surface area contributed by atoms with Crippen LogP contribution in [-0.4, -0.2) is 38.8 Å². The molecule has 6 heteroatoms. The van der Waals surface area contributed by atoms with Gasteiger partial charge in [0.05, 0.1) is 18.3 Å². The molecule has 2 N–H and O–H groups in total. The summed E-state index contributed by atoms with van der Waals surface area (Å²) in [6.45, 7) is 2.93. The molecule has 0 amide bonds. The van der Waals surface area contributed by atoms with Crippen LogP contribution in [0.4, 0.5) is 5.69 Å². The molecule has 1 aliphatic heterocycles. The Hall–Kier alpha value is -1.11. The van der Waals surface area contributed by atoms with Gasteiger partial charge < -0.3 is 10.0 Å². The quantitative estimate of drug-likeness (QED) is 0.861. The van der Waals surface area contributed by atoms with Gasteiger partial charge in [0.2, 0.25) is 10.0 Å². The first-order valence-corrected chi connectivity index (χ1v) is 9.00. The number of hydrogen-bond donors (Lipinski definition) is 2. The van der Waals surface area contributed by atoms with Gasteiger partial charge in [0, 0.05) is 12.6 Å². The van der Waals surface area contributed by atoms with Gasteiger partial charge in [-0.2, -0.15) is 0 Å². The van der Waals surface area contributed by atoms with Crippen molar-refractivity contribution >= 4 is 15.7 Å². The highest BCUT2D eigenvalue weighted by atomic mass is 32.2. The van der Waals surface area contributed by atoms with Crippen LogP contribution >= 0.6 is 0 Å². The third kappa shape index (κ3) is 2.93. The lowest BCUT2D eigenvalue weighted by Crippen LogP contribution is -2.37. The summed E-state index contributed by atoms with van der Waals surface area (Å²) in [6.07, 6.45) is 2.80. The number of hydrogen-bond acceptors (Lipinski definition) is 4. The largest absolute Gasteiger partial charge is 0.394 e. The highest BCUT2D eigenvalue weighted by Crippen LogP contribution is 2.34. The summed E-state index contributed by atoms with van der Waals surface area (Å²) in [5, 5.41) is 9.61. The van der Waals surface area contributed by atoms with Crippen LogP contribution in [0.2, 0.25) is 0 Å². The number of aliphatic hydroxyl groups excluding tert-OH is 1. The first-order chi connectivity index (χ1) is 10.0. The predicted octanol–water partition coefficient (Wildman–Crippen LogP) is 1.33. The summed E-state index contributed by atoms with van der Waals surface area (Å²) in [4.78, 5) is 2.36. The zero-order chi connectivity index (χ0) is 15.0. The molecule has 0 bridgehead atoms. The Bertz CT molecular complexity index is 613. The van der Waals surface area contributed by atoms with E-state index >= 15 is 0 Å². The summed E-state index contributed by atoms with van der Waals surface area (Å²) in [7, 11) is -3.49. The minimum absolute atomic E-state index is 0.0118. The van der Waals surface area contributed by atoms with Gasteiger partial charge in [-0.25, -0.2) is 13.1 Å². The van der Waals surface area contributed by atoms with Crippen LogP contribution < -0.4 is 9.62 Å². The van der Waals surface area contributed by atoms with Crippen LogP contribution in [0.3, 0.4) is 0 Å². The molecular formula is C15H22N2O3S. The molecule has 1 aromatic rings. The van der Waals surface area contributed by atoms with Crippen molar-refractivity contribution in [2.24, 2.45) is 5.92 Å². The van der Waals surface area contributed by atoms with Gasteiger partial charge in [-0.1, -0.05) is 19.1 Å². The first kappa shape index (κ1) is 14.8. The Morgan fingerprint density at radius 1 is 1.29 bits per heavy atom. The number of nitrogens with zero attached hydrogens (tertiary/aromatic N) is 1. The number of aliphatic hydroxyl groups is 1. The topological polar surface area (TPSA) is 69.6 Å². The molecule has 2 fully saturated rings. The van der Waals surface area contributed by atoms with E-state index in [1.165, 1.54) is 0 Å². The van der Waals surface area contributed by atoms with Crippen molar-refractivity contribution < 1.29 is 13.5 Å². The second kappa shape index (κ2) is 5.59. The molecule has 5 nitrogen and oxygen atoms in total.